The molecule has 0 heterocycles. The molecule has 1 heteroatoms. The van der Waals surface area contributed by atoms with Crippen molar-refractivity contribution in [3.8, 4) is 0 Å². The smallest absolute Gasteiger partial charge is 0.358 e. The molecule has 1 rings (SSSR count). The van der Waals surface area contributed by atoms with Crippen molar-refractivity contribution in [2.45, 2.75) is 14.4 Å². The van der Waals surface area contributed by atoms with Crippen LogP contribution in [-0.4, -0.2) is 0 Å². The van der Waals surface area contributed by atoms with Gasteiger partial charge in [-0.05, 0) is 6.92 Å². The maximum Gasteiger partial charge on any atom is 1.00 e. The number of aryl methyl sites for hydroxylation is 1. The van der Waals surface area contributed by atoms with Gasteiger partial charge in [0.05, 0.1) is 0 Å². The fraction of sp³-hybridized carbons (Fsp3) is 0.222. The number of hydrogen-bond acceptors (Lipinski definition) is 0. The summed E-state index contributed by atoms with van der Waals surface area (Å²) in [6.45, 7) is 2.08. The molecule has 0 spiro atoms. The van der Waals surface area contributed by atoms with Crippen molar-refractivity contribution in [1.29, 1.82) is 0 Å². The third-order valence-electron chi connectivity index (χ3n) is 0.940. The third kappa shape index (κ3) is 7.14. The first kappa shape index (κ1) is 17.2. The molecule has 0 nitrogen and oxygen atoms in total. The van der Waals surface area contributed by atoms with Crippen LogP contribution in [0, 0.1) is 14.4 Å². The quantitative estimate of drug-likeness (QED) is 0.530. The average molecular weight is 209 g/mol. The molecular formula is C9H15Rb. The Morgan fingerprint density at radius 2 is 1.40 bits per heavy atom. The second-order valence-corrected chi connectivity index (χ2v) is 1.65. The van der Waals surface area contributed by atoms with Crippen LogP contribution in [0.4, 0.5) is 0 Å². The summed E-state index contributed by atoms with van der Waals surface area (Å²) >= 11 is 0. The van der Waals surface area contributed by atoms with Crippen LogP contribution in [0.5, 0.6) is 0 Å². The summed E-state index contributed by atoms with van der Waals surface area (Å²) in [5, 5.41) is 0. The minimum Gasteiger partial charge on any atom is -0.358 e. The van der Waals surface area contributed by atoms with Crippen molar-refractivity contribution in [3.63, 3.8) is 0 Å². The normalized spacial score (nSPS) is 6.10. The van der Waals surface area contributed by atoms with Crippen LogP contribution in [-0.2, 0) is 0 Å². The van der Waals surface area contributed by atoms with Gasteiger partial charge in [-0.25, -0.2) is 0 Å². The number of hydrogen-bond donors (Lipinski definition) is 0. The molecule has 0 aliphatic rings. The molecular weight excluding hydrogens is 194 g/mol. The summed E-state index contributed by atoms with van der Waals surface area (Å²) in [7, 11) is 0. The van der Waals surface area contributed by atoms with E-state index >= 15 is 0 Å². The van der Waals surface area contributed by atoms with Gasteiger partial charge in [-0.15, -0.1) is 0 Å². The van der Waals surface area contributed by atoms with Gasteiger partial charge in [0.1, 0.15) is 0 Å². The molecule has 0 radical (unpaired) electrons. The summed E-state index contributed by atoms with van der Waals surface area (Å²) in [6.07, 6.45) is 0. The largest absolute Gasteiger partial charge is 1.00 e. The van der Waals surface area contributed by atoms with Crippen LogP contribution in [0.3, 0.4) is 0 Å². The van der Waals surface area contributed by atoms with E-state index in [4.69, 9.17) is 0 Å². The number of benzene rings is 1. The van der Waals surface area contributed by atoms with E-state index in [-0.39, 0.29) is 73.0 Å². The molecule has 0 bridgehead atoms. The van der Waals surface area contributed by atoms with Crippen LogP contribution in [0.2, 0.25) is 0 Å². The zero-order valence-electron chi connectivity index (χ0n) is 6.39. The zero-order valence-corrected chi connectivity index (χ0v) is 11.3. The van der Waals surface area contributed by atoms with E-state index < -0.39 is 0 Å². The maximum atomic E-state index is 2.08. The Hall–Kier alpha value is 1.03. The molecule has 0 N–H and O–H groups in total. The Kier molecular flexibility index (Phi) is 17.2. The van der Waals surface area contributed by atoms with Crippen LogP contribution in [0.1, 0.15) is 13.0 Å². The molecule has 0 fully saturated rings. The van der Waals surface area contributed by atoms with E-state index in [0.29, 0.717) is 0 Å². The van der Waals surface area contributed by atoms with Gasteiger partial charge in [-0.1, -0.05) is 43.3 Å². The van der Waals surface area contributed by atoms with E-state index in [2.05, 4.69) is 19.1 Å². The Labute approximate surface area is 114 Å². The van der Waals surface area contributed by atoms with Crippen LogP contribution in [0.15, 0.2) is 30.3 Å². The first-order valence-corrected chi connectivity index (χ1v) is 2.41. The van der Waals surface area contributed by atoms with Gasteiger partial charge < -0.3 is 7.43 Å². The van der Waals surface area contributed by atoms with Gasteiger partial charge in [-0.3, -0.25) is 0 Å². The Bertz CT molecular complexity index is 135. The molecule has 1 aromatic carbocycles. The van der Waals surface area contributed by atoms with Gasteiger partial charge in [0.25, 0.3) is 0 Å². The van der Waals surface area contributed by atoms with Gasteiger partial charge in [0, 0.05) is 0 Å². The maximum absolute atomic E-state index is 2.08. The molecule has 10 heavy (non-hydrogen) atoms. The molecule has 1 aromatic rings. The Morgan fingerprint density at radius 3 is 1.60 bits per heavy atom. The summed E-state index contributed by atoms with van der Waals surface area (Å²) in [4.78, 5) is 0. The molecule has 52 valence electrons. The van der Waals surface area contributed by atoms with Crippen molar-refractivity contribution in [3.05, 3.63) is 43.3 Å². The molecule has 0 aliphatic heterocycles. The zero-order chi connectivity index (χ0) is 5.11. The van der Waals surface area contributed by atoms with E-state index in [1.54, 1.807) is 0 Å². The van der Waals surface area contributed by atoms with Gasteiger partial charge in [0.2, 0.25) is 0 Å². The Morgan fingerprint density at radius 1 is 1.00 bits per heavy atom. The second kappa shape index (κ2) is 10.0. The van der Waals surface area contributed by atoms with E-state index in [9.17, 15) is 0 Å². The molecule has 0 saturated carbocycles. The van der Waals surface area contributed by atoms with E-state index in [0.717, 1.165) is 0 Å². The fourth-order valence-electron chi connectivity index (χ4n) is 0.534. The van der Waals surface area contributed by atoms with Crippen molar-refractivity contribution >= 4 is 0 Å². The minimum absolute atomic E-state index is 0. The van der Waals surface area contributed by atoms with Crippen LogP contribution in [0.25, 0.3) is 0 Å². The predicted molar refractivity (Wildman–Crippen MR) is 44.3 cm³/mol. The molecule has 0 unspecified atom stereocenters. The molecule has 0 saturated heterocycles. The molecule has 0 atom stereocenters. The Balaban J connectivity index is -0.000000163. The topological polar surface area (TPSA) is 0 Å². The molecule has 0 aliphatic carbocycles. The second-order valence-electron chi connectivity index (χ2n) is 1.65. The van der Waals surface area contributed by atoms with Crippen molar-refractivity contribution in [2.75, 3.05) is 0 Å². The minimum atomic E-state index is 0. The fourth-order valence-corrected chi connectivity index (χ4v) is 0.534. The first-order chi connectivity index (χ1) is 3.39. The van der Waals surface area contributed by atoms with E-state index in [1.807, 2.05) is 18.2 Å². The molecule has 0 aromatic heterocycles. The average Bonchev–Trinajstić information content (AvgIpc) is 1.69. The van der Waals surface area contributed by atoms with Crippen molar-refractivity contribution < 1.29 is 58.2 Å². The third-order valence-corrected chi connectivity index (χ3v) is 0.940. The van der Waals surface area contributed by atoms with Crippen molar-refractivity contribution in [1.82, 2.24) is 0 Å². The van der Waals surface area contributed by atoms with Crippen molar-refractivity contribution in [2.24, 2.45) is 0 Å². The molecule has 0 amide bonds. The SMILES string of the molecule is C.Cc1ccccc1.[CH3-].[Rb+]. The van der Waals surface area contributed by atoms with E-state index in [1.165, 1.54) is 5.56 Å². The van der Waals surface area contributed by atoms with Gasteiger partial charge in [0.15, 0.2) is 0 Å². The van der Waals surface area contributed by atoms with Crippen LogP contribution < -0.4 is 58.2 Å². The number of rotatable bonds is 0. The van der Waals surface area contributed by atoms with Crippen LogP contribution >= 0.6 is 0 Å². The summed E-state index contributed by atoms with van der Waals surface area (Å²) < 4.78 is 0. The summed E-state index contributed by atoms with van der Waals surface area (Å²) in [5.41, 5.74) is 1.32. The standard InChI is InChI=1S/C7H8.CH4.CH3.Rb/c1-7-5-3-2-4-6-7;;;/h2-6H,1H3;1H4;1H3;/q;;-1;+1. The van der Waals surface area contributed by atoms with Gasteiger partial charge >= 0.3 is 58.2 Å². The predicted octanol–water partition coefficient (Wildman–Crippen LogP) is 0.0854. The monoisotopic (exact) mass is 208 g/mol. The van der Waals surface area contributed by atoms with Gasteiger partial charge in [-0.2, -0.15) is 0 Å². The summed E-state index contributed by atoms with van der Waals surface area (Å²) in [5.74, 6) is 0. The summed E-state index contributed by atoms with van der Waals surface area (Å²) in [6, 6.07) is 10.3. The first-order valence-electron chi connectivity index (χ1n) is 2.41.